The summed E-state index contributed by atoms with van der Waals surface area (Å²) in [5, 5.41) is 3.66. The van der Waals surface area contributed by atoms with Crippen LogP contribution in [0.25, 0.3) is 0 Å². The maximum absolute atomic E-state index is 14.5. The first-order valence-electron chi connectivity index (χ1n) is 10.8. The fraction of sp³-hybridized carbons (Fsp3) is 0.240. The molecule has 2 fully saturated rings. The summed E-state index contributed by atoms with van der Waals surface area (Å²) < 4.78 is 4.75. The van der Waals surface area contributed by atoms with Crippen LogP contribution in [0.15, 0.2) is 71.3 Å². The Balaban J connectivity index is 1.58. The lowest BCUT2D eigenvalue weighted by atomic mass is 9.72. The number of rotatable bonds is 3. The second-order valence-corrected chi connectivity index (χ2v) is 11.1. The molecule has 172 valence electrons. The summed E-state index contributed by atoms with van der Waals surface area (Å²) in [7, 11) is 1.91. The summed E-state index contributed by atoms with van der Waals surface area (Å²) in [6.07, 6.45) is 1.57. The van der Waals surface area contributed by atoms with Crippen molar-refractivity contribution in [1.82, 2.24) is 9.80 Å². The number of thiocarbonyl (C=S) groups is 1. The zero-order valence-corrected chi connectivity index (χ0v) is 20.5. The number of hydrogen-bond donors (Lipinski definition) is 1. The Kier molecular flexibility index (Phi) is 4.94. The highest BCUT2D eigenvalue weighted by Crippen LogP contribution is 2.65. The molecule has 3 atom stereocenters. The number of thioether (sulfide) groups is 1. The predicted molar refractivity (Wildman–Crippen MR) is 136 cm³/mol. The predicted octanol–water partition coefficient (Wildman–Crippen LogP) is 4.61. The number of likely N-dealkylation sites (tertiary alicyclic amines) is 1. The van der Waals surface area contributed by atoms with Crippen molar-refractivity contribution in [2.45, 2.75) is 22.7 Å². The Labute approximate surface area is 211 Å². The van der Waals surface area contributed by atoms with Crippen LogP contribution in [-0.4, -0.2) is 44.3 Å². The molecule has 4 heterocycles. The molecule has 3 unspecified atom stereocenters. The number of amides is 2. The topological polar surface area (TPSA) is 65.8 Å². The number of nitrogens with one attached hydrogen (secondary N) is 1. The van der Waals surface area contributed by atoms with Crippen molar-refractivity contribution in [2.75, 3.05) is 18.9 Å². The van der Waals surface area contributed by atoms with Crippen molar-refractivity contribution >= 4 is 57.4 Å². The molecule has 2 aromatic carbocycles. The molecule has 0 saturated carbocycles. The molecule has 3 aromatic rings. The molecule has 0 radical (unpaired) electrons. The van der Waals surface area contributed by atoms with E-state index in [9.17, 15) is 9.59 Å². The van der Waals surface area contributed by atoms with Gasteiger partial charge in [0, 0.05) is 28.7 Å². The van der Waals surface area contributed by atoms with E-state index in [-0.39, 0.29) is 24.3 Å². The van der Waals surface area contributed by atoms with E-state index in [4.69, 9.17) is 28.2 Å². The standard InChI is InChI=1S/C25H20ClN3O3S2/c1-28-14-19(15-8-10-16(26)11-9-15)25(24(28)18-6-2-3-7-20(18)27-21(24)30)22(31)29(23(33)34-25)13-17-5-4-12-32-17/h2-12,19H,13-14H2,1H3,(H,27,30). The number of fused-ring (bicyclic) bond motifs is 3. The summed E-state index contributed by atoms with van der Waals surface area (Å²) in [6, 6.07) is 18.7. The van der Waals surface area contributed by atoms with Crippen LogP contribution in [0.3, 0.4) is 0 Å². The summed E-state index contributed by atoms with van der Waals surface area (Å²) >= 11 is 13.3. The molecular formula is C25H20ClN3O3S2. The van der Waals surface area contributed by atoms with Gasteiger partial charge in [0.2, 0.25) is 5.91 Å². The molecule has 0 bridgehead atoms. The van der Waals surface area contributed by atoms with Crippen LogP contribution >= 0.6 is 35.6 Å². The second-order valence-electron chi connectivity index (χ2n) is 8.77. The van der Waals surface area contributed by atoms with Gasteiger partial charge in [0.05, 0.1) is 12.8 Å². The molecule has 6 rings (SSSR count). The number of carbonyl (C=O) groups excluding carboxylic acids is 2. The van der Waals surface area contributed by atoms with Gasteiger partial charge in [0.1, 0.15) is 14.8 Å². The van der Waals surface area contributed by atoms with Gasteiger partial charge in [0.25, 0.3) is 5.91 Å². The molecule has 1 N–H and O–H groups in total. The van der Waals surface area contributed by atoms with Crippen molar-refractivity contribution < 1.29 is 14.0 Å². The Hall–Kier alpha value is -2.65. The van der Waals surface area contributed by atoms with Gasteiger partial charge in [-0.15, -0.1) is 0 Å². The quantitative estimate of drug-likeness (QED) is 0.520. The molecule has 3 aliphatic heterocycles. The number of para-hydroxylation sites is 1. The second kappa shape index (κ2) is 7.68. The number of hydrogen-bond acceptors (Lipinski definition) is 6. The molecule has 2 saturated heterocycles. The summed E-state index contributed by atoms with van der Waals surface area (Å²) in [4.78, 5) is 32.0. The summed E-state index contributed by atoms with van der Waals surface area (Å²) in [5.41, 5.74) is 1.23. The third-order valence-electron chi connectivity index (χ3n) is 7.15. The lowest BCUT2D eigenvalue weighted by molar-refractivity contribution is -0.138. The lowest BCUT2D eigenvalue weighted by Gasteiger charge is -2.41. The Morgan fingerprint density at radius 2 is 1.91 bits per heavy atom. The minimum atomic E-state index is -1.22. The highest BCUT2D eigenvalue weighted by atomic mass is 35.5. The molecule has 2 amide bonds. The Morgan fingerprint density at radius 3 is 2.65 bits per heavy atom. The third kappa shape index (κ3) is 2.71. The average Bonchev–Trinajstić information content (AvgIpc) is 3.55. The van der Waals surface area contributed by atoms with Crippen molar-refractivity contribution in [2.24, 2.45) is 0 Å². The van der Waals surface area contributed by atoms with Gasteiger partial charge in [-0.1, -0.05) is 65.9 Å². The van der Waals surface area contributed by atoms with Crippen LogP contribution in [0, 0.1) is 0 Å². The number of likely N-dealkylation sites (N-methyl/N-ethyl adjacent to an activating group) is 1. The Bertz CT molecular complexity index is 1330. The molecule has 0 aliphatic carbocycles. The van der Waals surface area contributed by atoms with Crippen LogP contribution in [0.2, 0.25) is 5.02 Å². The van der Waals surface area contributed by atoms with Crippen molar-refractivity contribution in [1.29, 1.82) is 0 Å². The average molecular weight is 510 g/mol. The zero-order chi connectivity index (χ0) is 23.7. The first-order valence-corrected chi connectivity index (χ1v) is 12.4. The van der Waals surface area contributed by atoms with Crippen LogP contribution < -0.4 is 5.32 Å². The highest BCUT2D eigenvalue weighted by molar-refractivity contribution is 8.25. The van der Waals surface area contributed by atoms with E-state index in [0.717, 1.165) is 16.8 Å². The Morgan fingerprint density at radius 1 is 1.15 bits per heavy atom. The molecular weight excluding hydrogens is 490 g/mol. The normalized spacial score (nSPS) is 28.4. The molecule has 6 nitrogen and oxygen atoms in total. The number of furan rings is 1. The number of anilines is 1. The molecule has 2 spiro atoms. The van der Waals surface area contributed by atoms with Crippen LogP contribution in [0.5, 0.6) is 0 Å². The monoisotopic (exact) mass is 509 g/mol. The molecule has 34 heavy (non-hydrogen) atoms. The van der Waals surface area contributed by atoms with Gasteiger partial charge in [0.15, 0.2) is 5.54 Å². The zero-order valence-electron chi connectivity index (χ0n) is 18.2. The van der Waals surface area contributed by atoms with E-state index >= 15 is 0 Å². The number of halogens is 1. The molecule has 3 aliphatic rings. The number of benzene rings is 2. The van der Waals surface area contributed by atoms with Gasteiger partial charge in [-0.05, 0) is 42.9 Å². The lowest BCUT2D eigenvalue weighted by Crippen LogP contribution is -2.61. The molecule has 1 aromatic heterocycles. The number of carbonyl (C=O) groups is 2. The van der Waals surface area contributed by atoms with E-state index in [1.807, 2.05) is 66.5 Å². The largest absolute Gasteiger partial charge is 0.467 e. The van der Waals surface area contributed by atoms with Crippen molar-refractivity contribution in [3.8, 4) is 0 Å². The van der Waals surface area contributed by atoms with E-state index in [2.05, 4.69) is 5.32 Å². The first kappa shape index (κ1) is 21.9. The van der Waals surface area contributed by atoms with Crippen molar-refractivity contribution in [3.63, 3.8) is 0 Å². The van der Waals surface area contributed by atoms with Gasteiger partial charge in [-0.3, -0.25) is 19.4 Å². The maximum atomic E-state index is 14.5. The molecule has 9 heteroatoms. The minimum Gasteiger partial charge on any atom is -0.467 e. The van der Waals surface area contributed by atoms with E-state index in [1.54, 1.807) is 17.2 Å². The van der Waals surface area contributed by atoms with Crippen molar-refractivity contribution in [3.05, 3.63) is 88.8 Å². The fourth-order valence-electron chi connectivity index (χ4n) is 5.76. The first-order chi connectivity index (χ1) is 16.4. The maximum Gasteiger partial charge on any atom is 0.251 e. The van der Waals surface area contributed by atoms with Gasteiger partial charge < -0.3 is 9.73 Å². The van der Waals surface area contributed by atoms with Crippen LogP contribution in [0.4, 0.5) is 5.69 Å². The van der Waals surface area contributed by atoms with E-state index in [0.29, 0.717) is 21.6 Å². The van der Waals surface area contributed by atoms with Crippen LogP contribution in [0.1, 0.15) is 22.8 Å². The highest BCUT2D eigenvalue weighted by Gasteiger charge is 2.77. The van der Waals surface area contributed by atoms with Gasteiger partial charge in [-0.25, -0.2) is 0 Å². The van der Waals surface area contributed by atoms with Gasteiger partial charge in [-0.2, -0.15) is 0 Å². The van der Waals surface area contributed by atoms with Gasteiger partial charge >= 0.3 is 0 Å². The number of nitrogens with zero attached hydrogens (tertiary/aromatic N) is 2. The summed E-state index contributed by atoms with van der Waals surface area (Å²) in [5.74, 6) is -0.0667. The van der Waals surface area contributed by atoms with Crippen LogP contribution in [-0.2, 0) is 21.7 Å². The van der Waals surface area contributed by atoms with E-state index in [1.165, 1.54) is 11.8 Å². The smallest absolute Gasteiger partial charge is 0.251 e. The summed E-state index contributed by atoms with van der Waals surface area (Å²) in [6.45, 7) is 0.717. The fourth-order valence-corrected chi connectivity index (χ4v) is 8.02. The van der Waals surface area contributed by atoms with E-state index < -0.39 is 10.3 Å². The third-order valence-corrected chi connectivity index (χ3v) is 9.34. The minimum absolute atomic E-state index is 0.185. The SMILES string of the molecule is CN1CC(c2ccc(Cl)cc2)C2(SC(=S)N(Cc3ccco3)C2=O)C12C(=O)Nc1ccccc12.